The van der Waals surface area contributed by atoms with E-state index in [2.05, 4.69) is 5.32 Å². The molecule has 0 bridgehead atoms. The number of anilines is 1. The van der Waals surface area contributed by atoms with Crippen LogP contribution in [0, 0.1) is 5.82 Å². The van der Waals surface area contributed by atoms with Crippen LogP contribution in [0.2, 0.25) is 0 Å². The summed E-state index contributed by atoms with van der Waals surface area (Å²) in [5, 5.41) is 2.67. The molecule has 4 rings (SSSR count). The zero-order valence-corrected chi connectivity index (χ0v) is 19.1. The van der Waals surface area contributed by atoms with Crippen LogP contribution in [-0.2, 0) is 26.8 Å². The number of carbonyl (C=O) groups is 3. The molecule has 1 N–H and O–H groups in total. The molecule has 2 aliphatic rings. The van der Waals surface area contributed by atoms with Crippen LogP contribution in [0.3, 0.4) is 0 Å². The summed E-state index contributed by atoms with van der Waals surface area (Å²) in [6.45, 7) is 3.16. The molecule has 1 saturated heterocycles. The Bertz CT molecular complexity index is 1250. The highest BCUT2D eigenvalue weighted by Crippen LogP contribution is 2.34. The van der Waals surface area contributed by atoms with Gasteiger partial charge in [0, 0.05) is 12.1 Å². The van der Waals surface area contributed by atoms with Crippen LogP contribution < -0.4 is 9.62 Å². The molecule has 0 saturated carbocycles. The molecule has 3 amide bonds. The van der Waals surface area contributed by atoms with Gasteiger partial charge in [0.1, 0.15) is 11.4 Å². The van der Waals surface area contributed by atoms with E-state index in [1.165, 1.54) is 34.6 Å². The van der Waals surface area contributed by atoms with Gasteiger partial charge in [-0.1, -0.05) is 19.1 Å². The first-order valence-electron chi connectivity index (χ1n) is 10.7. The molecular formula is C23H24FN3O5S. The van der Waals surface area contributed by atoms with Gasteiger partial charge in [-0.3, -0.25) is 18.8 Å². The van der Waals surface area contributed by atoms with Crippen molar-refractivity contribution in [3.05, 3.63) is 65.0 Å². The Morgan fingerprint density at radius 2 is 1.82 bits per heavy atom. The lowest BCUT2D eigenvalue weighted by Gasteiger charge is -2.25. The Morgan fingerprint density at radius 1 is 1.12 bits per heavy atom. The molecule has 174 valence electrons. The van der Waals surface area contributed by atoms with Crippen molar-refractivity contribution < 1.29 is 27.2 Å². The van der Waals surface area contributed by atoms with Gasteiger partial charge in [-0.2, -0.15) is 0 Å². The minimum Gasteiger partial charge on any atom is -0.319 e. The highest BCUT2D eigenvalue weighted by atomic mass is 32.2. The number of nitrogens with one attached hydrogen (secondary N) is 1. The molecule has 2 aliphatic heterocycles. The zero-order valence-electron chi connectivity index (χ0n) is 18.3. The van der Waals surface area contributed by atoms with Gasteiger partial charge in [-0.15, -0.1) is 0 Å². The molecule has 2 aromatic carbocycles. The second-order valence-corrected chi connectivity index (χ2v) is 10.3. The van der Waals surface area contributed by atoms with Crippen molar-refractivity contribution in [3.8, 4) is 0 Å². The fourth-order valence-corrected chi connectivity index (χ4v) is 5.53. The van der Waals surface area contributed by atoms with E-state index in [9.17, 15) is 27.2 Å². The number of carbonyl (C=O) groups excluding carboxylic acids is 3. The van der Waals surface area contributed by atoms with Gasteiger partial charge >= 0.3 is 6.03 Å². The minimum atomic E-state index is -3.40. The first-order chi connectivity index (χ1) is 15.6. The summed E-state index contributed by atoms with van der Waals surface area (Å²) in [4.78, 5) is 39.7. The summed E-state index contributed by atoms with van der Waals surface area (Å²) in [5.41, 5.74) is 0.641. The molecule has 0 spiro atoms. The summed E-state index contributed by atoms with van der Waals surface area (Å²) >= 11 is 0. The van der Waals surface area contributed by atoms with Crippen molar-refractivity contribution >= 4 is 33.4 Å². The lowest BCUT2D eigenvalue weighted by molar-refractivity contribution is -0.131. The van der Waals surface area contributed by atoms with Crippen molar-refractivity contribution in [2.24, 2.45) is 0 Å². The summed E-state index contributed by atoms with van der Waals surface area (Å²) in [5.74, 6) is -1.50. The molecule has 10 heteroatoms. The largest absolute Gasteiger partial charge is 0.325 e. The molecule has 1 fully saturated rings. The van der Waals surface area contributed by atoms with Gasteiger partial charge in [0.2, 0.25) is 10.0 Å². The zero-order chi connectivity index (χ0) is 24.0. The van der Waals surface area contributed by atoms with Crippen molar-refractivity contribution in [2.45, 2.75) is 32.2 Å². The van der Waals surface area contributed by atoms with Gasteiger partial charge in [-0.25, -0.2) is 17.6 Å². The van der Waals surface area contributed by atoms with Gasteiger partial charge < -0.3 is 5.32 Å². The van der Waals surface area contributed by atoms with E-state index in [1.54, 1.807) is 26.0 Å². The Balaban J connectivity index is 1.56. The normalized spacial score (nSPS) is 20.2. The smallest absolute Gasteiger partial charge is 0.319 e. The third-order valence-corrected chi connectivity index (χ3v) is 8.08. The Morgan fingerprint density at radius 3 is 2.45 bits per heavy atom. The van der Waals surface area contributed by atoms with E-state index in [-0.39, 0.29) is 12.2 Å². The number of hydrogen-bond donors (Lipinski definition) is 1. The number of rotatable bonds is 7. The van der Waals surface area contributed by atoms with E-state index >= 15 is 0 Å². The second kappa shape index (κ2) is 8.26. The van der Waals surface area contributed by atoms with Crippen LogP contribution in [-0.4, -0.2) is 49.9 Å². The number of fused-ring (bicyclic) bond motifs is 1. The number of sulfonamides is 1. The van der Waals surface area contributed by atoms with Crippen LogP contribution >= 0.6 is 0 Å². The maximum atomic E-state index is 13.4. The SMILES string of the molecule is CC[C@]1(c2ccc(F)cc2)NC(=O)N(CC(=O)c2ccc3c(c2)CCN3S(=O)(=O)CC)C1=O. The highest BCUT2D eigenvalue weighted by Gasteiger charge is 2.51. The van der Waals surface area contributed by atoms with E-state index in [0.29, 0.717) is 29.8 Å². The van der Waals surface area contributed by atoms with Crippen LogP contribution in [0.4, 0.5) is 14.9 Å². The van der Waals surface area contributed by atoms with Crippen molar-refractivity contribution in [3.63, 3.8) is 0 Å². The molecule has 33 heavy (non-hydrogen) atoms. The van der Waals surface area contributed by atoms with Gasteiger partial charge in [-0.05, 0) is 61.2 Å². The third-order valence-electron chi connectivity index (χ3n) is 6.30. The number of nitrogens with zero attached hydrogens (tertiary/aromatic N) is 2. The lowest BCUT2D eigenvalue weighted by Crippen LogP contribution is -2.43. The Hall–Kier alpha value is -3.27. The van der Waals surface area contributed by atoms with Crippen molar-refractivity contribution in [1.82, 2.24) is 10.2 Å². The molecule has 8 nitrogen and oxygen atoms in total. The number of imide groups is 1. The fraction of sp³-hybridized carbons (Fsp3) is 0.348. The lowest BCUT2D eigenvalue weighted by atomic mass is 9.87. The minimum absolute atomic E-state index is 0.0213. The predicted molar refractivity (Wildman–Crippen MR) is 120 cm³/mol. The summed E-state index contributed by atoms with van der Waals surface area (Å²) < 4.78 is 39.2. The Kier molecular flexibility index (Phi) is 5.73. The third kappa shape index (κ3) is 3.78. The fourth-order valence-electron chi connectivity index (χ4n) is 4.37. The number of hydrogen-bond acceptors (Lipinski definition) is 5. The number of ketones is 1. The molecule has 1 atom stereocenters. The first-order valence-corrected chi connectivity index (χ1v) is 12.3. The number of Topliss-reactive ketones (excluding diaryl/α,β-unsaturated/α-hetero) is 1. The van der Waals surface area contributed by atoms with E-state index < -0.39 is 45.6 Å². The number of amides is 3. The molecule has 0 aliphatic carbocycles. The second-order valence-electron chi connectivity index (χ2n) is 8.08. The number of benzene rings is 2. The van der Waals surface area contributed by atoms with Crippen LogP contribution in [0.1, 0.15) is 41.8 Å². The first kappa shape index (κ1) is 22.9. The molecular weight excluding hydrogens is 449 g/mol. The molecule has 2 heterocycles. The summed E-state index contributed by atoms with van der Waals surface area (Å²) in [6.07, 6.45) is 0.705. The van der Waals surface area contributed by atoms with Gasteiger partial charge in [0.25, 0.3) is 5.91 Å². The van der Waals surface area contributed by atoms with Crippen LogP contribution in [0.15, 0.2) is 42.5 Å². The monoisotopic (exact) mass is 473 g/mol. The van der Waals surface area contributed by atoms with Crippen LogP contribution in [0.5, 0.6) is 0 Å². The van der Waals surface area contributed by atoms with E-state index in [0.717, 1.165) is 10.5 Å². The average molecular weight is 474 g/mol. The number of urea groups is 1. The van der Waals surface area contributed by atoms with Crippen molar-refractivity contribution in [1.29, 1.82) is 0 Å². The summed E-state index contributed by atoms with van der Waals surface area (Å²) in [7, 11) is -3.40. The molecule has 0 unspecified atom stereocenters. The average Bonchev–Trinajstić information content (AvgIpc) is 3.34. The quantitative estimate of drug-likeness (QED) is 0.492. The molecule has 0 aromatic heterocycles. The maximum absolute atomic E-state index is 13.4. The van der Waals surface area contributed by atoms with E-state index in [4.69, 9.17) is 0 Å². The number of halogens is 1. The van der Waals surface area contributed by atoms with E-state index in [1.807, 2.05) is 0 Å². The van der Waals surface area contributed by atoms with Crippen molar-refractivity contribution in [2.75, 3.05) is 23.1 Å². The van der Waals surface area contributed by atoms with Gasteiger partial charge in [0.15, 0.2) is 5.78 Å². The maximum Gasteiger partial charge on any atom is 0.325 e. The topological polar surface area (TPSA) is 104 Å². The highest BCUT2D eigenvalue weighted by molar-refractivity contribution is 7.92. The molecule has 0 radical (unpaired) electrons. The van der Waals surface area contributed by atoms with Crippen LogP contribution in [0.25, 0.3) is 0 Å². The predicted octanol–water partition coefficient (Wildman–Crippen LogP) is 2.58. The van der Waals surface area contributed by atoms with Gasteiger partial charge in [0.05, 0.1) is 18.0 Å². The standard InChI is InChI=1S/C23H24FN3O5S/c1-3-23(17-6-8-18(24)9-7-17)21(29)26(22(30)25-23)14-20(28)16-5-10-19-15(13-16)11-12-27(19)33(31,32)4-2/h5-10,13H,3-4,11-12,14H2,1-2H3,(H,25,30)/t23-/m1/s1. The Labute approximate surface area is 191 Å². The molecule has 2 aromatic rings. The summed E-state index contributed by atoms with van der Waals surface area (Å²) in [6, 6.07) is 9.34.